The average Bonchev–Trinajstić information content (AvgIpc) is 2.81. The highest BCUT2D eigenvalue weighted by atomic mass is 32.2. The monoisotopic (exact) mass is 440 g/mol. The van der Waals surface area contributed by atoms with Gasteiger partial charge in [0.2, 0.25) is 0 Å². The second-order valence-electron chi connectivity index (χ2n) is 6.88. The molecule has 2 N–H and O–H groups in total. The molecule has 0 fully saturated rings. The number of nitrogens with zero attached hydrogens (tertiary/aromatic N) is 1. The molecule has 7 heteroatoms. The van der Waals surface area contributed by atoms with E-state index in [0.717, 1.165) is 22.6 Å². The predicted octanol–water partition coefficient (Wildman–Crippen LogP) is 4.82. The Morgan fingerprint density at radius 3 is 2.77 bits per heavy atom. The van der Waals surface area contributed by atoms with Gasteiger partial charge in [0, 0.05) is 28.8 Å². The minimum Gasteiger partial charge on any atom is -0.494 e. The molecule has 3 aromatic rings. The Balaban J connectivity index is 1.87. The number of ether oxygens (including phenoxy) is 1. The lowest BCUT2D eigenvalue weighted by Gasteiger charge is -2.13. The second-order valence-corrected chi connectivity index (χ2v) is 8.02. The first-order chi connectivity index (χ1) is 15.1. The third kappa shape index (κ3) is 5.62. The van der Waals surface area contributed by atoms with Gasteiger partial charge in [-0.2, -0.15) is 0 Å². The minimum atomic E-state index is -0.470. The summed E-state index contributed by atoms with van der Waals surface area (Å²) in [7, 11) is 1.41. The zero-order chi connectivity index (χ0) is 22.2. The van der Waals surface area contributed by atoms with Crippen LogP contribution in [0.4, 0.5) is 4.39 Å². The van der Waals surface area contributed by atoms with E-state index in [9.17, 15) is 14.3 Å². The van der Waals surface area contributed by atoms with Crippen molar-refractivity contribution < 1.29 is 19.0 Å². The number of aromatic nitrogens is 1. The van der Waals surface area contributed by atoms with Crippen LogP contribution in [0.3, 0.4) is 0 Å². The Labute approximate surface area is 185 Å². The van der Waals surface area contributed by atoms with Crippen LogP contribution in [-0.4, -0.2) is 28.9 Å². The molecule has 0 spiro atoms. The van der Waals surface area contributed by atoms with E-state index in [0.29, 0.717) is 22.4 Å². The first-order valence-corrected chi connectivity index (χ1v) is 11.0. The quantitative estimate of drug-likeness (QED) is 0.467. The van der Waals surface area contributed by atoms with Gasteiger partial charge in [-0.15, -0.1) is 11.8 Å². The van der Waals surface area contributed by atoms with E-state index >= 15 is 0 Å². The highest BCUT2D eigenvalue weighted by Gasteiger charge is 2.16. The van der Waals surface area contributed by atoms with E-state index in [1.807, 2.05) is 12.1 Å². The fourth-order valence-electron chi connectivity index (χ4n) is 3.12. The molecule has 0 saturated heterocycles. The lowest BCUT2D eigenvalue weighted by Crippen LogP contribution is -2.23. The number of aliphatic hydroxyl groups excluding tert-OH is 1. The summed E-state index contributed by atoms with van der Waals surface area (Å²) in [6.07, 6.45) is 2.64. The SMILES string of the molecule is CCCSc1ccc(-c2ncccc2CO)cc1C(=O)NCc1ccc(OC)c(F)c1. The standard InChI is InChI=1S/C24H25FN2O3S/c1-3-11-31-22-9-7-17(23-18(15-28)5-4-10-26-23)13-19(22)24(29)27-14-16-6-8-21(30-2)20(25)12-16/h4-10,12-13,28H,3,11,14-15H2,1-2H3,(H,27,29). The molecule has 0 aliphatic rings. The Kier molecular flexibility index (Phi) is 8.03. The summed E-state index contributed by atoms with van der Waals surface area (Å²) in [5.41, 5.74) is 3.25. The van der Waals surface area contributed by atoms with Crippen molar-refractivity contribution in [1.82, 2.24) is 10.3 Å². The topological polar surface area (TPSA) is 71.5 Å². The molecule has 0 radical (unpaired) electrons. The maximum atomic E-state index is 13.9. The lowest BCUT2D eigenvalue weighted by atomic mass is 10.0. The van der Waals surface area contributed by atoms with Crippen molar-refractivity contribution in [2.24, 2.45) is 0 Å². The molecule has 0 bridgehead atoms. The first kappa shape index (κ1) is 22.8. The van der Waals surface area contributed by atoms with Gasteiger partial charge in [-0.05, 0) is 48.1 Å². The molecule has 31 heavy (non-hydrogen) atoms. The van der Waals surface area contributed by atoms with Gasteiger partial charge >= 0.3 is 0 Å². The van der Waals surface area contributed by atoms with Crippen LogP contribution in [0, 0.1) is 5.82 Å². The largest absolute Gasteiger partial charge is 0.494 e. The number of benzene rings is 2. The number of carbonyl (C=O) groups excluding carboxylic acids is 1. The van der Waals surface area contributed by atoms with Gasteiger partial charge in [-0.1, -0.05) is 25.1 Å². The minimum absolute atomic E-state index is 0.139. The summed E-state index contributed by atoms with van der Waals surface area (Å²) >= 11 is 1.61. The third-order valence-electron chi connectivity index (χ3n) is 4.69. The fourth-order valence-corrected chi connectivity index (χ4v) is 4.01. The number of carbonyl (C=O) groups is 1. The molecule has 0 aliphatic carbocycles. The highest BCUT2D eigenvalue weighted by molar-refractivity contribution is 7.99. The number of rotatable bonds is 9. The molecular formula is C24H25FN2O3S. The number of hydrogen-bond donors (Lipinski definition) is 2. The van der Waals surface area contributed by atoms with Crippen LogP contribution in [0.25, 0.3) is 11.3 Å². The Morgan fingerprint density at radius 1 is 1.23 bits per heavy atom. The van der Waals surface area contributed by atoms with E-state index in [2.05, 4.69) is 17.2 Å². The molecule has 0 atom stereocenters. The number of thioether (sulfide) groups is 1. The number of halogens is 1. The van der Waals surface area contributed by atoms with Gasteiger partial charge in [0.05, 0.1) is 25.0 Å². The van der Waals surface area contributed by atoms with E-state index in [1.54, 1.807) is 42.2 Å². The number of hydrogen-bond acceptors (Lipinski definition) is 5. The van der Waals surface area contributed by atoms with Crippen molar-refractivity contribution in [2.45, 2.75) is 31.4 Å². The van der Waals surface area contributed by atoms with Gasteiger partial charge in [-0.25, -0.2) is 4.39 Å². The number of methoxy groups -OCH3 is 1. The Hall–Kier alpha value is -2.90. The molecule has 0 unspecified atom stereocenters. The molecule has 1 heterocycles. The highest BCUT2D eigenvalue weighted by Crippen LogP contribution is 2.30. The summed E-state index contributed by atoms with van der Waals surface area (Å²) in [4.78, 5) is 18.3. The van der Waals surface area contributed by atoms with E-state index < -0.39 is 5.82 Å². The molecule has 0 aliphatic heterocycles. The van der Waals surface area contributed by atoms with Crippen molar-refractivity contribution in [2.75, 3.05) is 12.9 Å². The molecular weight excluding hydrogens is 415 g/mol. The van der Waals surface area contributed by atoms with Crippen LogP contribution in [0.2, 0.25) is 0 Å². The summed E-state index contributed by atoms with van der Waals surface area (Å²) < 4.78 is 18.9. The molecule has 162 valence electrons. The van der Waals surface area contributed by atoms with Crippen molar-refractivity contribution in [1.29, 1.82) is 0 Å². The smallest absolute Gasteiger partial charge is 0.252 e. The van der Waals surface area contributed by atoms with E-state index in [-0.39, 0.29) is 24.8 Å². The van der Waals surface area contributed by atoms with Crippen LogP contribution in [-0.2, 0) is 13.2 Å². The maximum Gasteiger partial charge on any atom is 0.252 e. The van der Waals surface area contributed by atoms with Gasteiger partial charge < -0.3 is 15.2 Å². The summed E-state index contributed by atoms with van der Waals surface area (Å²) in [6, 6.07) is 13.8. The number of pyridine rings is 1. The van der Waals surface area contributed by atoms with Crippen molar-refractivity contribution in [3.05, 3.63) is 77.2 Å². The molecule has 2 aromatic carbocycles. The van der Waals surface area contributed by atoms with Crippen molar-refractivity contribution in [3.63, 3.8) is 0 Å². The van der Waals surface area contributed by atoms with Crippen LogP contribution in [0.15, 0.2) is 59.6 Å². The van der Waals surface area contributed by atoms with Gasteiger partial charge in [-0.3, -0.25) is 9.78 Å². The summed E-state index contributed by atoms with van der Waals surface area (Å²) in [6.45, 7) is 2.13. The maximum absolute atomic E-state index is 13.9. The van der Waals surface area contributed by atoms with Crippen molar-refractivity contribution >= 4 is 17.7 Å². The van der Waals surface area contributed by atoms with E-state index in [1.165, 1.54) is 19.2 Å². The number of amides is 1. The molecule has 1 amide bonds. The predicted molar refractivity (Wildman–Crippen MR) is 121 cm³/mol. The lowest BCUT2D eigenvalue weighted by molar-refractivity contribution is 0.0948. The molecule has 5 nitrogen and oxygen atoms in total. The number of aliphatic hydroxyl groups is 1. The van der Waals surface area contributed by atoms with E-state index in [4.69, 9.17) is 4.74 Å². The molecule has 3 rings (SSSR count). The fraction of sp³-hybridized carbons (Fsp3) is 0.250. The summed E-state index contributed by atoms with van der Waals surface area (Å²) in [5, 5.41) is 12.5. The number of nitrogens with one attached hydrogen (secondary N) is 1. The van der Waals surface area contributed by atoms with Crippen LogP contribution >= 0.6 is 11.8 Å². The zero-order valence-electron chi connectivity index (χ0n) is 17.5. The van der Waals surface area contributed by atoms with Gasteiger partial charge in [0.25, 0.3) is 5.91 Å². The third-order valence-corrected chi connectivity index (χ3v) is 5.97. The average molecular weight is 441 g/mol. The Bertz CT molecular complexity index is 1060. The second kappa shape index (κ2) is 10.9. The van der Waals surface area contributed by atoms with Crippen molar-refractivity contribution in [3.8, 4) is 17.0 Å². The zero-order valence-corrected chi connectivity index (χ0v) is 18.3. The first-order valence-electron chi connectivity index (χ1n) is 10.00. The normalized spacial score (nSPS) is 10.7. The summed E-state index contributed by atoms with van der Waals surface area (Å²) in [5.74, 6) is 0.325. The Morgan fingerprint density at radius 2 is 2.06 bits per heavy atom. The van der Waals surface area contributed by atoms with Crippen LogP contribution in [0.5, 0.6) is 5.75 Å². The van der Waals surface area contributed by atoms with Crippen LogP contribution < -0.4 is 10.1 Å². The molecule has 1 aromatic heterocycles. The van der Waals surface area contributed by atoms with Crippen LogP contribution in [0.1, 0.15) is 34.8 Å². The molecule has 0 saturated carbocycles. The van der Waals surface area contributed by atoms with Gasteiger partial charge in [0.1, 0.15) is 0 Å². The van der Waals surface area contributed by atoms with Gasteiger partial charge in [0.15, 0.2) is 11.6 Å².